The van der Waals surface area contributed by atoms with Gasteiger partial charge in [-0.1, -0.05) is 54.6 Å². The number of halogens is 6. The van der Waals surface area contributed by atoms with Gasteiger partial charge in [-0.25, -0.2) is 0 Å². The predicted molar refractivity (Wildman–Crippen MR) is 129 cm³/mol. The van der Waals surface area contributed by atoms with E-state index in [0.717, 1.165) is 73.0 Å². The van der Waals surface area contributed by atoms with Gasteiger partial charge in [0.05, 0.1) is 11.1 Å². The van der Waals surface area contributed by atoms with E-state index in [1.165, 1.54) is 12.1 Å². The van der Waals surface area contributed by atoms with E-state index in [1.54, 1.807) is 12.4 Å². The van der Waals surface area contributed by atoms with E-state index in [-0.39, 0.29) is 5.57 Å². The molecule has 0 saturated carbocycles. The van der Waals surface area contributed by atoms with Crippen LogP contribution in [-0.4, -0.2) is 17.4 Å². The molecule has 0 saturated heterocycles. The molecule has 0 radical (unpaired) electrons. The first-order chi connectivity index (χ1) is 17.6. The Morgan fingerprint density at radius 1 is 0.811 bits per heavy atom. The fourth-order valence-corrected chi connectivity index (χ4v) is 3.76. The summed E-state index contributed by atoms with van der Waals surface area (Å²) in [5, 5.41) is 2.66. The number of pyridine rings is 1. The lowest BCUT2D eigenvalue weighted by molar-refractivity contribution is -0.138. The molecule has 0 fully saturated rings. The van der Waals surface area contributed by atoms with Gasteiger partial charge in [0.15, 0.2) is 0 Å². The molecule has 1 heterocycles. The number of aromatic nitrogens is 1. The Morgan fingerprint density at radius 3 is 1.95 bits per heavy atom. The Bertz CT molecular complexity index is 1190. The smallest absolute Gasteiger partial charge is 0.353 e. The molecule has 0 aliphatic heterocycles. The number of hydrogen-bond acceptors (Lipinski definition) is 2. The van der Waals surface area contributed by atoms with E-state index >= 15 is 0 Å². The van der Waals surface area contributed by atoms with Gasteiger partial charge in [0.2, 0.25) is 5.91 Å². The van der Waals surface area contributed by atoms with Crippen molar-refractivity contribution in [1.82, 2.24) is 10.3 Å². The van der Waals surface area contributed by atoms with Crippen LogP contribution in [0, 0.1) is 0 Å². The summed E-state index contributed by atoms with van der Waals surface area (Å²) in [7, 11) is 0. The van der Waals surface area contributed by atoms with Crippen molar-refractivity contribution in [3.05, 3.63) is 119 Å². The zero-order valence-electron chi connectivity index (χ0n) is 19.6. The highest BCUT2D eigenvalue weighted by Gasteiger charge is 2.37. The van der Waals surface area contributed by atoms with E-state index in [0.29, 0.717) is 13.0 Å². The Labute approximate surface area is 210 Å². The van der Waals surface area contributed by atoms with Crippen molar-refractivity contribution in [3.8, 4) is 0 Å². The second-order valence-corrected chi connectivity index (χ2v) is 8.14. The molecule has 194 valence electrons. The zero-order valence-corrected chi connectivity index (χ0v) is 19.6. The first-order valence-electron chi connectivity index (χ1n) is 11.5. The second-order valence-electron chi connectivity index (χ2n) is 8.14. The lowest BCUT2D eigenvalue weighted by Gasteiger charge is -2.19. The lowest BCUT2D eigenvalue weighted by atomic mass is 9.90. The van der Waals surface area contributed by atoms with Gasteiger partial charge in [-0.05, 0) is 59.7 Å². The lowest BCUT2D eigenvalue weighted by Crippen LogP contribution is -2.22. The van der Waals surface area contributed by atoms with Crippen LogP contribution < -0.4 is 5.32 Å². The molecule has 1 amide bonds. The number of benzene rings is 2. The highest BCUT2D eigenvalue weighted by Crippen LogP contribution is 2.41. The van der Waals surface area contributed by atoms with Crippen molar-refractivity contribution in [2.24, 2.45) is 0 Å². The quantitative estimate of drug-likeness (QED) is 0.140. The molecule has 3 rings (SSSR count). The van der Waals surface area contributed by atoms with E-state index in [1.807, 2.05) is 12.1 Å². The minimum atomic E-state index is -4.79. The van der Waals surface area contributed by atoms with E-state index < -0.39 is 40.5 Å². The van der Waals surface area contributed by atoms with Gasteiger partial charge < -0.3 is 5.32 Å². The van der Waals surface area contributed by atoms with Crippen molar-refractivity contribution in [1.29, 1.82) is 0 Å². The third-order valence-electron chi connectivity index (χ3n) is 5.47. The Kier molecular flexibility index (Phi) is 9.27. The number of hydrogen-bond donors (Lipinski definition) is 1. The minimum Gasteiger partial charge on any atom is -0.353 e. The highest BCUT2D eigenvalue weighted by molar-refractivity contribution is 5.89. The Balaban J connectivity index is 1.81. The monoisotopic (exact) mass is 518 g/mol. The van der Waals surface area contributed by atoms with Crippen LogP contribution in [-0.2, 0) is 23.6 Å². The number of rotatable bonds is 9. The van der Waals surface area contributed by atoms with Crippen LogP contribution in [0.2, 0.25) is 0 Å². The van der Waals surface area contributed by atoms with Crippen LogP contribution in [0.4, 0.5) is 26.3 Å². The van der Waals surface area contributed by atoms with Crippen molar-refractivity contribution >= 4 is 11.5 Å². The molecule has 0 aliphatic rings. The van der Waals surface area contributed by atoms with Crippen LogP contribution in [0.25, 0.3) is 5.57 Å². The third kappa shape index (κ3) is 8.06. The van der Waals surface area contributed by atoms with Crippen LogP contribution in [0.5, 0.6) is 0 Å². The maximum absolute atomic E-state index is 13.7. The average Bonchev–Trinajstić information content (AvgIpc) is 2.86. The predicted octanol–water partition coefficient (Wildman–Crippen LogP) is 7.25. The number of aryl methyl sites for hydroxylation is 1. The zero-order chi connectivity index (χ0) is 26.9. The maximum Gasteiger partial charge on any atom is 0.417 e. The van der Waals surface area contributed by atoms with Crippen LogP contribution in [0.3, 0.4) is 0 Å². The molecule has 2 aromatic carbocycles. The molecule has 9 heteroatoms. The van der Waals surface area contributed by atoms with Crippen molar-refractivity contribution in [2.75, 3.05) is 6.54 Å². The summed E-state index contributed by atoms with van der Waals surface area (Å²) in [5.41, 5.74) is -2.24. The largest absolute Gasteiger partial charge is 0.417 e. The molecule has 37 heavy (non-hydrogen) atoms. The average molecular weight is 519 g/mol. The van der Waals surface area contributed by atoms with Crippen molar-refractivity contribution < 1.29 is 31.1 Å². The highest BCUT2D eigenvalue weighted by atomic mass is 19.4. The SMILES string of the molecule is O=C(C=CC=C(c1ccccc1C(F)(F)F)c1ccccc1C(F)(F)F)NCCCCc1cccnc1. The fraction of sp³-hybridized carbons (Fsp3) is 0.214. The first kappa shape index (κ1) is 27.7. The molecule has 3 nitrogen and oxygen atoms in total. The number of allylic oxidation sites excluding steroid dienone is 2. The number of unbranched alkanes of at least 4 members (excludes halogenated alkanes) is 1. The maximum atomic E-state index is 13.7. The summed E-state index contributed by atoms with van der Waals surface area (Å²) in [5.74, 6) is -0.509. The summed E-state index contributed by atoms with van der Waals surface area (Å²) in [6.45, 7) is 0.369. The molecule has 3 aromatic rings. The van der Waals surface area contributed by atoms with Gasteiger partial charge in [0, 0.05) is 25.0 Å². The number of carbonyl (C=O) groups is 1. The normalized spacial score (nSPS) is 11.9. The van der Waals surface area contributed by atoms with Gasteiger partial charge in [-0.2, -0.15) is 26.3 Å². The van der Waals surface area contributed by atoms with Crippen molar-refractivity contribution in [3.63, 3.8) is 0 Å². The minimum absolute atomic E-state index is 0.304. The standard InChI is InChI=1S/C28H24F6N2O/c29-27(30,31)24-14-3-1-11-22(24)21(23-12-2-4-15-25(23)28(32,33)34)13-7-16-26(37)36-18-6-5-9-20-10-8-17-35-19-20/h1-4,7-8,10-17,19H,5-6,9,18H2,(H,36,37). The molecule has 1 aromatic heterocycles. The number of nitrogens with zero attached hydrogens (tertiary/aromatic N) is 1. The van der Waals surface area contributed by atoms with Crippen LogP contribution >= 0.6 is 0 Å². The summed E-state index contributed by atoms with van der Waals surface area (Å²) >= 11 is 0. The summed E-state index contributed by atoms with van der Waals surface area (Å²) in [6.07, 6.45) is -0.526. The number of carbonyl (C=O) groups excluding carboxylic acids is 1. The number of alkyl halides is 6. The topological polar surface area (TPSA) is 42.0 Å². The van der Waals surface area contributed by atoms with Gasteiger partial charge in [-0.3, -0.25) is 9.78 Å². The Hall–Kier alpha value is -3.88. The van der Waals surface area contributed by atoms with Gasteiger partial charge in [-0.15, -0.1) is 0 Å². The van der Waals surface area contributed by atoms with Gasteiger partial charge in [0.25, 0.3) is 0 Å². The molecule has 0 aliphatic carbocycles. The van der Waals surface area contributed by atoms with E-state index in [9.17, 15) is 31.1 Å². The first-order valence-corrected chi connectivity index (χ1v) is 11.5. The molecule has 0 unspecified atom stereocenters. The van der Waals surface area contributed by atoms with Crippen molar-refractivity contribution in [2.45, 2.75) is 31.6 Å². The van der Waals surface area contributed by atoms with E-state index in [4.69, 9.17) is 0 Å². The van der Waals surface area contributed by atoms with Crippen LogP contribution in [0.15, 0.2) is 91.3 Å². The summed E-state index contributed by atoms with van der Waals surface area (Å²) < 4.78 is 82.1. The third-order valence-corrected chi connectivity index (χ3v) is 5.47. The fourth-order valence-electron chi connectivity index (χ4n) is 3.76. The second kappa shape index (κ2) is 12.4. The summed E-state index contributed by atoms with van der Waals surface area (Å²) in [4.78, 5) is 16.2. The molecule has 0 atom stereocenters. The molecule has 0 spiro atoms. The number of amides is 1. The molecular weight excluding hydrogens is 494 g/mol. The van der Waals surface area contributed by atoms with Crippen LogP contribution in [0.1, 0.15) is 40.7 Å². The van der Waals surface area contributed by atoms with Gasteiger partial charge in [0.1, 0.15) is 0 Å². The Morgan fingerprint density at radius 2 is 1.41 bits per heavy atom. The molecular formula is C28H24F6N2O. The van der Waals surface area contributed by atoms with Gasteiger partial charge >= 0.3 is 12.4 Å². The molecule has 0 bridgehead atoms. The number of nitrogens with one attached hydrogen (secondary N) is 1. The molecule has 1 N–H and O–H groups in total. The summed E-state index contributed by atoms with van der Waals surface area (Å²) in [6, 6.07) is 12.6. The van der Waals surface area contributed by atoms with E-state index in [2.05, 4.69) is 10.3 Å².